The summed E-state index contributed by atoms with van der Waals surface area (Å²) >= 11 is 6.02. The number of halogens is 3. The predicted molar refractivity (Wildman–Crippen MR) is 110 cm³/mol. The molecule has 3 aromatic rings. The molecule has 0 N–H and O–H groups in total. The van der Waals surface area contributed by atoms with Crippen LogP contribution in [0.15, 0.2) is 54.6 Å². The second kappa shape index (κ2) is 7.22. The second-order valence-electron chi connectivity index (χ2n) is 7.52. The van der Waals surface area contributed by atoms with Crippen molar-refractivity contribution in [2.24, 2.45) is 0 Å². The third-order valence-electron chi connectivity index (χ3n) is 5.76. The number of nitrogens with zero attached hydrogens (tertiary/aromatic N) is 2. The molecule has 1 aromatic heterocycles. The lowest BCUT2D eigenvalue weighted by Gasteiger charge is -2.31. The fourth-order valence-corrected chi connectivity index (χ4v) is 4.37. The number of carbonyl (C=O) groups is 1. The number of amides is 1. The molecule has 1 amide bonds. The van der Waals surface area contributed by atoms with E-state index >= 15 is 8.78 Å². The van der Waals surface area contributed by atoms with E-state index in [1.54, 1.807) is 47.4 Å². The van der Waals surface area contributed by atoms with E-state index in [4.69, 9.17) is 16.3 Å². The molecule has 7 heteroatoms. The molecule has 1 saturated heterocycles. The summed E-state index contributed by atoms with van der Waals surface area (Å²) in [4.78, 5) is 15.2. The lowest BCUT2D eigenvalue weighted by atomic mass is 9.95. The minimum Gasteiger partial charge on any atom is -0.378 e. The normalized spacial score (nSPS) is 17.4. The number of fused-ring (bicyclic) bond motifs is 2. The van der Waals surface area contributed by atoms with Crippen molar-refractivity contribution in [1.29, 1.82) is 0 Å². The zero-order valence-electron chi connectivity index (χ0n) is 16.1. The van der Waals surface area contributed by atoms with Gasteiger partial charge in [-0.1, -0.05) is 48.0 Å². The Morgan fingerprint density at radius 2 is 1.73 bits per heavy atom. The number of morpholine rings is 1. The molecule has 1 fully saturated rings. The summed E-state index contributed by atoms with van der Waals surface area (Å²) < 4.78 is 37.8. The van der Waals surface area contributed by atoms with Crippen LogP contribution in [0.3, 0.4) is 0 Å². The van der Waals surface area contributed by atoms with Crippen molar-refractivity contribution in [3.05, 3.63) is 82.1 Å². The molecule has 0 unspecified atom stereocenters. The summed E-state index contributed by atoms with van der Waals surface area (Å²) in [5, 5.41) is 0.543. The van der Waals surface area contributed by atoms with E-state index in [1.807, 2.05) is 0 Å². The summed E-state index contributed by atoms with van der Waals surface area (Å²) in [7, 11) is 0. The molecule has 3 heterocycles. The Labute approximate surface area is 177 Å². The van der Waals surface area contributed by atoms with Crippen molar-refractivity contribution in [3.63, 3.8) is 0 Å². The van der Waals surface area contributed by atoms with E-state index in [-0.39, 0.29) is 29.4 Å². The summed E-state index contributed by atoms with van der Waals surface area (Å²) in [6, 6.07) is 14.9. The highest BCUT2D eigenvalue weighted by molar-refractivity contribution is 6.30. The molecular weight excluding hydrogens is 410 g/mol. The van der Waals surface area contributed by atoms with Gasteiger partial charge in [0.15, 0.2) is 0 Å². The molecule has 5 rings (SSSR count). The number of hydrogen-bond acceptors (Lipinski definition) is 2. The van der Waals surface area contributed by atoms with Crippen LogP contribution < -0.4 is 0 Å². The smallest absolute Gasteiger partial charge is 0.313 e. The fraction of sp³-hybridized carbons (Fsp3) is 0.261. The van der Waals surface area contributed by atoms with E-state index in [2.05, 4.69) is 0 Å². The van der Waals surface area contributed by atoms with Crippen molar-refractivity contribution in [3.8, 4) is 11.1 Å². The number of hydrogen-bond donors (Lipinski definition) is 0. The minimum absolute atomic E-state index is 0.0111. The largest absolute Gasteiger partial charge is 0.378 e. The Balaban J connectivity index is 1.71. The van der Waals surface area contributed by atoms with Crippen LogP contribution in [-0.2, 0) is 17.2 Å². The van der Waals surface area contributed by atoms with Gasteiger partial charge in [-0.15, -0.1) is 0 Å². The summed E-state index contributed by atoms with van der Waals surface area (Å²) in [5.74, 6) is -3.45. The SMILES string of the molecule is O=C(c1c(-c2ccc(Cl)cc2)cc2n1Cc1ccccc1C2(F)F)N1CCOCC1. The number of rotatable bonds is 2. The van der Waals surface area contributed by atoms with E-state index in [9.17, 15) is 4.79 Å². The lowest BCUT2D eigenvalue weighted by molar-refractivity contribution is 0.0248. The first-order chi connectivity index (χ1) is 14.5. The lowest BCUT2D eigenvalue weighted by Crippen LogP contribution is -2.42. The van der Waals surface area contributed by atoms with Crippen LogP contribution in [0.25, 0.3) is 11.1 Å². The molecule has 2 aliphatic rings. The van der Waals surface area contributed by atoms with Crippen molar-refractivity contribution >= 4 is 17.5 Å². The van der Waals surface area contributed by atoms with Gasteiger partial charge in [0.05, 0.1) is 18.9 Å². The standard InChI is InChI=1S/C23H19ClF2N2O2/c24-17-7-5-15(6-8-17)18-13-20-23(25,26)19-4-2-1-3-16(19)14-28(20)21(18)22(29)27-9-11-30-12-10-27/h1-8,13H,9-12,14H2. The van der Waals surface area contributed by atoms with Gasteiger partial charge in [-0.2, -0.15) is 8.78 Å². The molecule has 2 aromatic carbocycles. The number of ether oxygens (including phenoxy) is 1. The zero-order chi connectivity index (χ0) is 20.9. The highest BCUT2D eigenvalue weighted by atomic mass is 35.5. The van der Waals surface area contributed by atoms with Crippen molar-refractivity contribution in [1.82, 2.24) is 9.47 Å². The Morgan fingerprint density at radius 3 is 2.47 bits per heavy atom. The molecule has 0 atom stereocenters. The van der Waals surface area contributed by atoms with Gasteiger partial charge in [0.2, 0.25) is 0 Å². The van der Waals surface area contributed by atoms with E-state index in [0.717, 1.165) is 0 Å². The number of carbonyl (C=O) groups excluding carboxylic acids is 1. The maximum Gasteiger partial charge on any atom is 0.313 e. The molecule has 2 aliphatic heterocycles. The fourth-order valence-electron chi connectivity index (χ4n) is 4.24. The highest BCUT2D eigenvalue weighted by Crippen LogP contribution is 2.45. The van der Waals surface area contributed by atoms with Gasteiger partial charge < -0.3 is 14.2 Å². The first kappa shape index (κ1) is 19.3. The van der Waals surface area contributed by atoms with E-state index in [0.29, 0.717) is 48.0 Å². The average Bonchev–Trinajstić information content (AvgIpc) is 3.15. The third-order valence-corrected chi connectivity index (χ3v) is 6.01. The Hall–Kier alpha value is -2.70. The van der Waals surface area contributed by atoms with Crippen molar-refractivity contribution < 1.29 is 18.3 Å². The summed E-state index contributed by atoms with van der Waals surface area (Å²) in [6.07, 6.45) is 0. The van der Waals surface area contributed by atoms with Gasteiger partial charge in [0, 0.05) is 35.8 Å². The Bertz CT molecular complexity index is 1120. The summed E-state index contributed by atoms with van der Waals surface area (Å²) in [5.41, 5.74) is 1.79. The van der Waals surface area contributed by atoms with Gasteiger partial charge >= 0.3 is 5.92 Å². The minimum atomic E-state index is -3.19. The molecule has 0 radical (unpaired) electrons. The van der Waals surface area contributed by atoms with Crippen LogP contribution in [0.1, 0.15) is 27.3 Å². The number of alkyl halides is 2. The predicted octanol–water partition coefficient (Wildman–Crippen LogP) is 4.78. The molecule has 0 aliphatic carbocycles. The zero-order valence-corrected chi connectivity index (χ0v) is 16.8. The molecule has 4 nitrogen and oxygen atoms in total. The first-order valence-electron chi connectivity index (χ1n) is 9.80. The number of benzene rings is 2. The van der Waals surface area contributed by atoms with Gasteiger partial charge in [0.25, 0.3) is 5.91 Å². The third kappa shape index (κ3) is 3.02. The van der Waals surface area contributed by atoms with E-state index < -0.39 is 5.92 Å². The second-order valence-corrected chi connectivity index (χ2v) is 7.96. The highest BCUT2D eigenvalue weighted by Gasteiger charge is 2.44. The van der Waals surface area contributed by atoms with Crippen LogP contribution in [-0.4, -0.2) is 41.7 Å². The molecule has 0 spiro atoms. The van der Waals surface area contributed by atoms with Gasteiger partial charge in [-0.3, -0.25) is 4.79 Å². The monoisotopic (exact) mass is 428 g/mol. The van der Waals surface area contributed by atoms with Crippen LogP contribution in [0.5, 0.6) is 0 Å². The summed E-state index contributed by atoms with van der Waals surface area (Å²) in [6.45, 7) is 1.97. The van der Waals surface area contributed by atoms with Crippen LogP contribution in [0.4, 0.5) is 8.78 Å². The van der Waals surface area contributed by atoms with Gasteiger partial charge in [-0.05, 0) is 29.3 Å². The van der Waals surface area contributed by atoms with E-state index in [1.165, 1.54) is 16.7 Å². The topological polar surface area (TPSA) is 34.5 Å². The maximum absolute atomic E-state index is 15.5. The first-order valence-corrected chi connectivity index (χ1v) is 10.2. The van der Waals surface area contributed by atoms with Crippen LogP contribution >= 0.6 is 11.6 Å². The molecule has 0 bridgehead atoms. The molecule has 154 valence electrons. The maximum atomic E-state index is 15.5. The average molecular weight is 429 g/mol. The molecule has 30 heavy (non-hydrogen) atoms. The van der Waals surface area contributed by atoms with Crippen LogP contribution in [0, 0.1) is 0 Å². The van der Waals surface area contributed by atoms with Gasteiger partial charge in [-0.25, -0.2) is 0 Å². The quantitative estimate of drug-likeness (QED) is 0.588. The molecule has 0 saturated carbocycles. The number of aromatic nitrogens is 1. The van der Waals surface area contributed by atoms with Gasteiger partial charge in [0.1, 0.15) is 5.69 Å². The Morgan fingerprint density at radius 1 is 1.03 bits per heavy atom. The van der Waals surface area contributed by atoms with Crippen LogP contribution in [0.2, 0.25) is 5.02 Å². The molecular formula is C23H19ClF2N2O2. The van der Waals surface area contributed by atoms with Crippen molar-refractivity contribution in [2.75, 3.05) is 26.3 Å². The Kier molecular flexibility index (Phi) is 4.64. The van der Waals surface area contributed by atoms with Crippen molar-refractivity contribution in [2.45, 2.75) is 12.5 Å².